The fourth-order valence-electron chi connectivity index (χ4n) is 13.6. The van der Waals surface area contributed by atoms with Gasteiger partial charge in [0.2, 0.25) is 0 Å². The molecule has 3 heterocycles. The Kier molecular flexibility index (Phi) is 9.62. The summed E-state index contributed by atoms with van der Waals surface area (Å²) in [7, 11) is 0. The van der Waals surface area contributed by atoms with Crippen LogP contribution in [0.5, 0.6) is 0 Å². The SMILES string of the molecule is c1ccc(-n2c3ccccc3c3cc(-c4c5ccccc5c(-c5ccc6sc7cccc(-c8c9ccccc9c(-c9ccc%10c(c9)c9ccccc9n%10-c9ccccc9)c9ccccc89)c7c6c5)c5ccccc45)ccc32)cc1. The molecule has 0 aliphatic heterocycles. The van der Waals surface area contributed by atoms with E-state index in [9.17, 15) is 0 Å². The predicted molar refractivity (Wildman–Crippen MR) is 340 cm³/mol. The molecule has 0 aliphatic carbocycles. The standard InChI is InChI=1S/C76H46N2S/c1-3-20-50(21-4-1)77-66-35-17-15-24-52(66)63-44-47(38-41-68(63)77)72-54-26-7-9-28-56(54)74(57-29-10-8-27-55(57)72)49-40-43-70-65(46-49)76-62(34-19-37-71(76)79-70)75-60-32-13-11-30-58(60)73(59-31-12-14-33-61(59)75)48-39-42-69-64(45-48)53-25-16-18-36-67(53)78(69)51-22-5-2-6-23-51/h1-46H. The second-order valence-electron chi connectivity index (χ2n) is 21.0. The van der Waals surface area contributed by atoms with Crippen molar-refractivity contribution in [1.82, 2.24) is 9.13 Å². The van der Waals surface area contributed by atoms with Crippen LogP contribution in [0.25, 0.3) is 163 Å². The van der Waals surface area contributed by atoms with Gasteiger partial charge < -0.3 is 9.13 Å². The van der Waals surface area contributed by atoms with Gasteiger partial charge in [-0.05, 0) is 166 Å². The van der Waals surface area contributed by atoms with Crippen LogP contribution in [0.3, 0.4) is 0 Å². The van der Waals surface area contributed by atoms with Crippen molar-refractivity contribution in [2.24, 2.45) is 0 Å². The van der Waals surface area contributed by atoms with Crippen LogP contribution in [0, 0.1) is 0 Å². The maximum absolute atomic E-state index is 2.50. The average Bonchev–Trinajstić information content (AvgIpc) is 4.25. The minimum Gasteiger partial charge on any atom is -0.309 e. The van der Waals surface area contributed by atoms with Crippen molar-refractivity contribution < 1.29 is 0 Å². The van der Waals surface area contributed by atoms with Crippen molar-refractivity contribution in [2.45, 2.75) is 0 Å². The summed E-state index contributed by atoms with van der Waals surface area (Å²) in [6.45, 7) is 0. The van der Waals surface area contributed by atoms with Gasteiger partial charge in [-0.2, -0.15) is 0 Å². The van der Waals surface area contributed by atoms with E-state index in [1.54, 1.807) is 0 Å². The van der Waals surface area contributed by atoms with Gasteiger partial charge in [-0.3, -0.25) is 0 Å². The van der Waals surface area contributed by atoms with Crippen LogP contribution in [-0.2, 0) is 0 Å². The lowest BCUT2D eigenvalue weighted by Crippen LogP contribution is -1.93. The Morgan fingerprint density at radius 1 is 0.215 bits per heavy atom. The number of aromatic nitrogens is 2. The Bertz CT molecular complexity index is 5250. The lowest BCUT2D eigenvalue weighted by atomic mass is 9.84. The summed E-state index contributed by atoms with van der Waals surface area (Å²) in [5.74, 6) is 0. The molecule has 366 valence electrons. The molecule has 17 rings (SSSR count). The van der Waals surface area contributed by atoms with E-state index in [4.69, 9.17) is 0 Å². The molecule has 0 N–H and O–H groups in total. The van der Waals surface area contributed by atoms with Gasteiger partial charge in [0, 0.05) is 53.1 Å². The first-order valence-corrected chi connectivity index (χ1v) is 28.1. The van der Waals surface area contributed by atoms with E-state index in [1.807, 2.05) is 11.3 Å². The quantitative estimate of drug-likeness (QED) is 0.147. The first kappa shape index (κ1) is 44.1. The third-order valence-corrected chi connectivity index (χ3v) is 18.0. The Balaban J connectivity index is 0.867. The average molecular weight is 1020 g/mol. The molecular formula is C76H46N2S. The molecule has 0 radical (unpaired) electrons. The molecule has 0 aliphatic rings. The van der Waals surface area contributed by atoms with Crippen LogP contribution in [0.4, 0.5) is 0 Å². The Labute approximate surface area is 459 Å². The summed E-state index contributed by atoms with van der Waals surface area (Å²) in [6, 6.07) is 104. The maximum atomic E-state index is 2.50. The molecular weight excluding hydrogens is 973 g/mol. The van der Waals surface area contributed by atoms with Crippen LogP contribution in [0.2, 0.25) is 0 Å². The van der Waals surface area contributed by atoms with Gasteiger partial charge in [0.1, 0.15) is 0 Å². The van der Waals surface area contributed by atoms with E-state index in [-0.39, 0.29) is 0 Å². The van der Waals surface area contributed by atoms with Gasteiger partial charge in [0.05, 0.1) is 22.1 Å². The number of rotatable bonds is 6. The lowest BCUT2D eigenvalue weighted by Gasteiger charge is -2.19. The van der Waals surface area contributed by atoms with E-state index in [0.717, 1.165) is 11.4 Å². The fourth-order valence-corrected chi connectivity index (χ4v) is 14.8. The minimum atomic E-state index is 1.16. The third kappa shape index (κ3) is 6.51. The minimum absolute atomic E-state index is 1.16. The molecule has 79 heavy (non-hydrogen) atoms. The monoisotopic (exact) mass is 1020 g/mol. The van der Waals surface area contributed by atoms with Crippen molar-refractivity contribution in [3.63, 3.8) is 0 Å². The summed E-state index contributed by atoms with van der Waals surface area (Å²) in [4.78, 5) is 0. The summed E-state index contributed by atoms with van der Waals surface area (Å²) in [5, 5.41) is 17.6. The molecule has 0 saturated heterocycles. The van der Waals surface area contributed by atoms with E-state index in [1.165, 1.54) is 151 Å². The predicted octanol–water partition coefficient (Wildman–Crippen LogP) is 21.5. The Morgan fingerprint density at radius 2 is 0.557 bits per heavy atom. The molecule has 14 aromatic carbocycles. The van der Waals surface area contributed by atoms with E-state index >= 15 is 0 Å². The van der Waals surface area contributed by atoms with Crippen molar-refractivity contribution >= 4 is 118 Å². The molecule has 2 nitrogen and oxygen atoms in total. The zero-order chi connectivity index (χ0) is 51.7. The van der Waals surface area contributed by atoms with E-state index in [0.29, 0.717) is 0 Å². The number of nitrogens with zero attached hydrogens (tertiary/aromatic N) is 2. The third-order valence-electron chi connectivity index (χ3n) is 16.9. The van der Waals surface area contributed by atoms with Crippen LogP contribution in [0.15, 0.2) is 279 Å². The number of benzene rings is 14. The van der Waals surface area contributed by atoms with Crippen LogP contribution in [-0.4, -0.2) is 9.13 Å². The highest BCUT2D eigenvalue weighted by Crippen LogP contribution is 2.51. The Hall–Kier alpha value is -10.1. The molecule has 0 spiro atoms. The highest BCUT2D eigenvalue weighted by Gasteiger charge is 2.24. The number of hydrogen-bond acceptors (Lipinski definition) is 1. The number of para-hydroxylation sites is 4. The van der Waals surface area contributed by atoms with E-state index < -0.39 is 0 Å². The normalized spacial score (nSPS) is 12.1. The van der Waals surface area contributed by atoms with Gasteiger partial charge in [-0.15, -0.1) is 11.3 Å². The molecule has 0 unspecified atom stereocenters. The van der Waals surface area contributed by atoms with E-state index in [2.05, 4.69) is 288 Å². The van der Waals surface area contributed by atoms with Crippen LogP contribution >= 0.6 is 11.3 Å². The number of hydrogen-bond donors (Lipinski definition) is 0. The van der Waals surface area contributed by atoms with Crippen molar-refractivity contribution in [3.8, 4) is 55.9 Å². The molecule has 0 amide bonds. The molecule has 0 bridgehead atoms. The number of thiophene rings is 1. The molecule has 0 saturated carbocycles. The molecule has 3 heteroatoms. The van der Waals surface area contributed by atoms with Crippen LogP contribution in [0.1, 0.15) is 0 Å². The molecule has 0 atom stereocenters. The first-order chi connectivity index (χ1) is 39.2. The first-order valence-electron chi connectivity index (χ1n) is 27.2. The van der Waals surface area contributed by atoms with Gasteiger partial charge >= 0.3 is 0 Å². The maximum Gasteiger partial charge on any atom is 0.0541 e. The summed E-state index contributed by atoms with van der Waals surface area (Å²) in [5.41, 5.74) is 17.1. The highest BCUT2D eigenvalue weighted by molar-refractivity contribution is 7.26. The van der Waals surface area contributed by atoms with Crippen molar-refractivity contribution in [1.29, 1.82) is 0 Å². The van der Waals surface area contributed by atoms with Gasteiger partial charge in [-0.25, -0.2) is 0 Å². The van der Waals surface area contributed by atoms with Gasteiger partial charge in [0.15, 0.2) is 0 Å². The zero-order valence-electron chi connectivity index (χ0n) is 42.9. The Morgan fingerprint density at radius 3 is 0.987 bits per heavy atom. The number of fused-ring (bicyclic) bond motifs is 13. The molecule has 0 fully saturated rings. The second kappa shape index (κ2) is 17.2. The topological polar surface area (TPSA) is 9.86 Å². The summed E-state index contributed by atoms with van der Waals surface area (Å²) < 4.78 is 7.38. The van der Waals surface area contributed by atoms with Gasteiger partial charge in [0.25, 0.3) is 0 Å². The van der Waals surface area contributed by atoms with Crippen molar-refractivity contribution in [2.75, 3.05) is 0 Å². The fraction of sp³-hybridized carbons (Fsp3) is 0. The largest absolute Gasteiger partial charge is 0.309 e. The molecule has 17 aromatic rings. The highest BCUT2D eigenvalue weighted by atomic mass is 32.1. The molecule has 3 aromatic heterocycles. The van der Waals surface area contributed by atoms with Crippen LogP contribution < -0.4 is 0 Å². The zero-order valence-corrected chi connectivity index (χ0v) is 43.7. The lowest BCUT2D eigenvalue weighted by molar-refractivity contribution is 1.18. The van der Waals surface area contributed by atoms with Gasteiger partial charge in [-0.1, -0.05) is 200 Å². The smallest absolute Gasteiger partial charge is 0.0541 e. The summed E-state index contributed by atoms with van der Waals surface area (Å²) in [6.07, 6.45) is 0. The van der Waals surface area contributed by atoms with Crippen molar-refractivity contribution in [3.05, 3.63) is 279 Å². The second-order valence-corrected chi connectivity index (χ2v) is 22.1. The summed E-state index contributed by atoms with van der Waals surface area (Å²) >= 11 is 1.89.